The van der Waals surface area contributed by atoms with Gasteiger partial charge in [-0.1, -0.05) is 24.3 Å². The van der Waals surface area contributed by atoms with Crippen molar-refractivity contribution < 1.29 is 22.7 Å². The summed E-state index contributed by atoms with van der Waals surface area (Å²) in [6, 6.07) is 13.5. The Morgan fingerprint density at radius 3 is 2.76 bits per heavy atom. The van der Waals surface area contributed by atoms with Crippen LogP contribution in [0.1, 0.15) is 28.8 Å². The summed E-state index contributed by atoms with van der Waals surface area (Å²) >= 11 is 0. The smallest absolute Gasteiger partial charge is 0.253 e. The average Bonchev–Trinajstić information content (AvgIpc) is 3.26. The van der Waals surface area contributed by atoms with Gasteiger partial charge in [0, 0.05) is 37.9 Å². The minimum atomic E-state index is -3.72. The first kappa shape index (κ1) is 21.3. The summed E-state index contributed by atoms with van der Waals surface area (Å²) in [6.45, 7) is 1.24. The van der Waals surface area contributed by atoms with Crippen molar-refractivity contribution in [3.63, 3.8) is 0 Å². The Bertz CT molecular complexity index is 955. The molecule has 1 saturated heterocycles. The highest BCUT2D eigenvalue weighted by Gasteiger charge is 2.22. The molecule has 1 amide bonds. The highest BCUT2D eigenvalue weighted by molar-refractivity contribution is 7.89. The molecule has 0 spiro atoms. The predicted molar refractivity (Wildman–Crippen MR) is 109 cm³/mol. The number of hydrogen-bond donors (Lipinski definition) is 1. The summed E-state index contributed by atoms with van der Waals surface area (Å²) in [5, 5.41) is 0. The third-order valence-electron chi connectivity index (χ3n) is 4.86. The molecule has 8 heteroatoms. The zero-order chi connectivity index (χ0) is 20.9. The predicted octanol–water partition coefficient (Wildman–Crippen LogP) is 2.42. The molecule has 1 unspecified atom stereocenters. The second-order valence-electron chi connectivity index (χ2n) is 6.99. The van der Waals surface area contributed by atoms with Gasteiger partial charge in [-0.05, 0) is 37.1 Å². The third kappa shape index (κ3) is 5.35. The number of amides is 1. The Labute approximate surface area is 171 Å². The van der Waals surface area contributed by atoms with Crippen LogP contribution in [0.25, 0.3) is 0 Å². The first-order chi connectivity index (χ1) is 13.9. The third-order valence-corrected chi connectivity index (χ3v) is 6.28. The monoisotopic (exact) mass is 418 g/mol. The van der Waals surface area contributed by atoms with Crippen LogP contribution in [0.5, 0.6) is 5.75 Å². The number of nitrogens with one attached hydrogen (secondary N) is 1. The number of carbonyl (C=O) groups is 1. The molecule has 1 fully saturated rings. The molecule has 3 rings (SSSR count). The quantitative estimate of drug-likeness (QED) is 0.712. The highest BCUT2D eigenvalue weighted by Crippen LogP contribution is 2.20. The lowest BCUT2D eigenvalue weighted by Crippen LogP contribution is -2.32. The second kappa shape index (κ2) is 9.39. The number of methoxy groups -OCH3 is 1. The van der Waals surface area contributed by atoms with Gasteiger partial charge in [-0.2, -0.15) is 0 Å². The van der Waals surface area contributed by atoms with Crippen molar-refractivity contribution in [3.8, 4) is 5.75 Å². The Hall–Kier alpha value is -2.42. The first-order valence-corrected chi connectivity index (χ1v) is 11.0. The number of ether oxygens (including phenoxy) is 2. The van der Waals surface area contributed by atoms with Crippen LogP contribution >= 0.6 is 0 Å². The van der Waals surface area contributed by atoms with Crippen LogP contribution in [0, 0.1) is 0 Å². The van der Waals surface area contributed by atoms with E-state index in [-0.39, 0.29) is 23.5 Å². The van der Waals surface area contributed by atoms with Crippen molar-refractivity contribution in [2.24, 2.45) is 0 Å². The largest absolute Gasteiger partial charge is 0.496 e. The number of sulfonamides is 1. The van der Waals surface area contributed by atoms with Crippen LogP contribution in [0.3, 0.4) is 0 Å². The number of nitrogens with zero attached hydrogens (tertiary/aromatic N) is 1. The lowest BCUT2D eigenvalue weighted by molar-refractivity contribution is 0.0784. The van der Waals surface area contributed by atoms with E-state index in [4.69, 9.17) is 9.47 Å². The zero-order valence-electron chi connectivity index (χ0n) is 16.6. The molecule has 156 valence electrons. The normalized spacial score (nSPS) is 16.6. The molecule has 2 aromatic rings. The molecule has 0 saturated carbocycles. The molecule has 1 N–H and O–H groups in total. The SMILES string of the molecule is COc1ccccc1CN(C)C(=O)c1cccc(S(=O)(=O)NCC2CCCO2)c1. The van der Waals surface area contributed by atoms with Gasteiger partial charge in [-0.15, -0.1) is 0 Å². The number of para-hydroxylation sites is 1. The van der Waals surface area contributed by atoms with Crippen LogP contribution in [-0.2, 0) is 21.3 Å². The fraction of sp³-hybridized carbons (Fsp3) is 0.381. The molecule has 1 aliphatic heterocycles. The second-order valence-corrected chi connectivity index (χ2v) is 8.75. The molecule has 29 heavy (non-hydrogen) atoms. The van der Waals surface area contributed by atoms with E-state index < -0.39 is 10.0 Å². The Morgan fingerprint density at radius 2 is 2.03 bits per heavy atom. The minimum absolute atomic E-state index is 0.0621. The van der Waals surface area contributed by atoms with Gasteiger partial charge in [0.25, 0.3) is 5.91 Å². The van der Waals surface area contributed by atoms with E-state index in [1.54, 1.807) is 26.3 Å². The number of hydrogen-bond acceptors (Lipinski definition) is 5. The van der Waals surface area contributed by atoms with Crippen molar-refractivity contribution in [2.45, 2.75) is 30.4 Å². The molecule has 1 atom stereocenters. The Balaban J connectivity index is 1.71. The molecule has 0 radical (unpaired) electrons. The van der Waals surface area contributed by atoms with E-state index >= 15 is 0 Å². The minimum Gasteiger partial charge on any atom is -0.496 e. The lowest BCUT2D eigenvalue weighted by atomic mass is 10.1. The van der Waals surface area contributed by atoms with Crippen molar-refractivity contribution in [1.29, 1.82) is 0 Å². The maximum Gasteiger partial charge on any atom is 0.253 e. The van der Waals surface area contributed by atoms with Gasteiger partial charge in [0.1, 0.15) is 5.75 Å². The molecular formula is C21H26N2O5S. The van der Waals surface area contributed by atoms with Crippen LogP contribution in [0.2, 0.25) is 0 Å². The number of rotatable bonds is 8. The molecule has 0 aliphatic carbocycles. The van der Waals surface area contributed by atoms with Crippen molar-refractivity contribution >= 4 is 15.9 Å². The van der Waals surface area contributed by atoms with E-state index in [1.165, 1.54) is 17.0 Å². The highest BCUT2D eigenvalue weighted by atomic mass is 32.2. The van der Waals surface area contributed by atoms with Crippen LogP contribution < -0.4 is 9.46 Å². The van der Waals surface area contributed by atoms with Crippen LogP contribution in [0.15, 0.2) is 53.4 Å². The molecule has 7 nitrogen and oxygen atoms in total. The van der Waals surface area contributed by atoms with Gasteiger partial charge < -0.3 is 14.4 Å². The van der Waals surface area contributed by atoms with Crippen molar-refractivity contribution in [1.82, 2.24) is 9.62 Å². The summed E-state index contributed by atoms with van der Waals surface area (Å²) in [7, 11) is -0.466. The Kier molecular flexibility index (Phi) is 6.89. The zero-order valence-corrected chi connectivity index (χ0v) is 17.4. The maximum absolute atomic E-state index is 12.8. The summed E-state index contributed by atoms with van der Waals surface area (Å²) in [6.07, 6.45) is 1.69. The topological polar surface area (TPSA) is 84.9 Å². The standard InChI is InChI=1S/C21H26N2O5S/c1-23(15-17-7-3-4-11-20(17)27-2)21(24)16-8-5-10-19(13-16)29(25,26)22-14-18-9-6-12-28-18/h3-5,7-8,10-11,13,18,22H,6,9,12,14-15H2,1-2H3. The number of carbonyl (C=O) groups excluding carboxylic acids is 1. The van der Waals surface area contributed by atoms with Gasteiger partial charge in [0.2, 0.25) is 10.0 Å². The van der Waals surface area contributed by atoms with Crippen LogP contribution in [-0.4, -0.2) is 52.6 Å². The van der Waals surface area contributed by atoms with Gasteiger partial charge in [-0.25, -0.2) is 13.1 Å². The maximum atomic E-state index is 12.8. The summed E-state index contributed by atoms with van der Waals surface area (Å²) in [5.74, 6) is 0.425. The van der Waals surface area contributed by atoms with E-state index in [1.807, 2.05) is 24.3 Å². The van der Waals surface area contributed by atoms with E-state index in [0.29, 0.717) is 24.5 Å². The molecule has 2 aromatic carbocycles. The lowest BCUT2D eigenvalue weighted by Gasteiger charge is -2.19. The molecule has 1 heterocycles. The number of benzene rings is 2. The molecule has 0 aromatic heterocycles. The van der Waals surface area contributed by atoms with E-state index in [2.05, 4.69) is 4.72 Å². The summed E-state index contributed by atoms with van der Waals surface area (Å²) in [4.78, 5) is 14.4. The summed E-state index contributed by atoms with van der Waals surface area (Å²) in [5.41, 5.74) is 1.18. The van der Waals surface area contributed by atoms with Crippen LogP contribution in [0.4, 0.5) is 0 Å². The Morgan fingerprint density at radius 1 is 1.24 bits per heavy atom. The van der Waals surface area contributed by atoms with E-state index in [9.17, 15) is 13.2 Å². The fourth-order valence-corrected chi connectivity index (χ4v) is 4.38. The van der Waals surface area contributed by atoms with Gasteiger partial charge in [0.05, 0.1) is 18.1 Å². The summed E-state index contributed by atoms with van der Waals surface area (Å²) < 4.78 is 38.6. The first-order valence-electron chi connectivity index (χ1n) is 9.49. The molecule has 0 bridgehead atoms. The van der Waals surface area contributed by atoms with Crippen molar-refractivity contribution in [3.05, 3.63) is 59.7 Å². The van der Waals surface area contributed by atoms with E-state index in [0.717, 1.165) is 18.4 Å². The average molecular weight is 419 g/mol. The fourth-order valence-electron chi connectivity index (χ4n) is 3.27. The van der Waals surface area contributed by atoms with Gasteiger partial charge in [0.15, 0.2) is 0 Å². The molecular weight excluding hydrogens is 392 g/mol. The van der Waals surface area contributed by atoms with Gasteiger partial charge in [-0.3, -0.25) is 4.79 Å². The van der Waals surface area contributed by atoms with Crippen molar-refractivity contribution in [2.75, 3.05) is 27.3 Å². The van der Waals surface area contributed by atoms with Gasteiger partial charge >= 0.3 is 0 Å². The molecule has 1 aliphatic rings.